The lowest BCUT2D eigenvalue weighted by atomic mass is 9.99. The van der Waals surface area contributed by atoms with Crippen LogP contribution in [0.3, 0.4) is 0 Å². The molecule has 4 rings (SSSR count). The van der Waals surface area contributed by atoms with Crippen LogP contribution in [-0.2, 0) is 0 Å². The highest BCUT2D eigenvalue weighted by Gasteiger charge is 2.29. The summed E-state index contributed by atoms with van der Waals surface area (Å²) in [5.41, 5.74) is 2.11. The Balaban J connectivity index is 1.42. The average molecular weight is 452 g/mol. The summed E-state index contributed by atoms with van der Waals surface area (Å²) in [6, 6.07) is 23.5. The van der Waals surface area contributed by atoms with Gasteiger partial charge in [0, 0.05) is 29.7 Å². The quantitative estimate of drug-likeness (QED) is 0.606. The number of carbonyl (C=O) groups excluding carboxylic acids is 1. The van der Waals surface area contributed by atoms with Gasteiger partial charge in [0.2, 0.25) is 5.88 Å². The summed E-state index contributed by atoms with van der Waals surface area (Å²) in [5, 5.41) is 3.19. The van der Waals surface area contributed by atoms with Crippen molar-refractivity contribution in [3.05, 3.63) is 94.6 Å². The van der Waals surface area contributed by atoms with E-state index in [-0.39, 0.29) is 18.2 Å². The minimum atomic E-state index is -0.196. The van der Waals surface area contributed by atoms with Crippen LogP contribution in [0.4, 0.5) is 4.79 Å². The van der Waals surface area contributed by atoms with Gasteiger partial charge in [0.25, 0.3) is 0 Å². The Kier molecular flexibility index (Phi) is 6.10. The summed E-state index contributed by atoms with van der Waals surface area (Å²) < 4.78 is 6.84. The highest BCUT2D eigenvalue weighted by atomic mass is 79.9. The standard InChI is InChI=1S/C23H22BrN3O2/c24-19-11-12-21(25-15-19)29-20-13-14-27(16-20)23(28)26-22(17-7-3-1-4-8-17)18-9-5-2-6-10-18/h1-12,15,20,22H,13-14,16H2,(H,26,28). The molecule has 1 aromatic heterocycles. The molecule has 5 nitrogen and oxygen atoms in total. The second-order valence-electron chi connectivity index (χ2n) is 6.99. The summed E-state index contributed by atoms with van der Waals surface area (Å²) in [6.45, 7) is 1.20. The summed E-state index contributed by atoms with van der Waals surface area (Å²) in [7, 11) is 0. The van der Waals surface area contributed by atoms with Crippen molar-refractivity contribution in [2.24, 2.45) is 0 Å². The molecule has 0 saturated carbocycles. The second kappa shape index (κ2) is 9.09. The van der Waals surface area contributed by atoms with Gasteiger partial charge in [-0.1, -0.05) is 60.7 Å². The van der Waals surface area contributed by atoms with Gasteiger partial charge in [-0.3, -0.25) is 0 Å². The fourth-order valence-electron chi connectivity index (χ4n) is 3.48. The van der Waals surface area contributed by atoms with Crippen molar-refractivity contribution in [2.45, 2.75) is 18.6 Å². The van der Waals surface area contributed by atoms with Gasteiger partial charge in [-0.15, -0.1) is 0 Å². The van der Waals surface area contributed by atoms with Gasteiger partial charge in [-0.2, -0.15) is 0 Å². The Morgan fingerprint density at radius 3 is 2.28 bits per heavy atom. The van der Waals surface area contributed by atoms with E-state index in [0.717, 1.165) is 22.0 Å². The maximum absolute atomic E-state index is 13.0. The third-order valence-electron chi connectivity index (χ3n) is 4.95. The number of carbonyl (C=O) groups is 1. The van der Waals surface area contributed by atoms with Crippen molar-refractivity contribution < 1.29 is 9.53 Å². The fourth-order valence-corrected chi connectivity index (χ4v) is 3.71. The first-order chi connectivity index (χ1) is 14.2. The molecule has 1 unspecified atom stereocenters. The first-order valence-electron chi connectivity index (χ1n) is 9.62. The van der Waals surface area contributed by atoms with Crippen LogP contribution in [0.5, 0.6) is 5.88 Å². The topological polar surface area (TPSA) is 54.5 Å². The number of amides is 2. The van der Waals surface area contributed by atoms with Gasteiger partial charge >= 0.3 is 6.03 Å². The zero-order valence-corrected chi connectivity index (χ0v) is 17.5. The molecule has 1 aliphatic rings. The molecule has 29 heavy (non-hydrogen) atoms. The third-order valence-corrected chi connectivity index (χ3v) is 5.42. The van der Waals surface area contributed by atoms with E-state index in [9.17, 15) is 4.79 Å². The number of urea groups is 1. The number of likely N-dealkylation sites (tertiary alicyclic amines) is 1. The first kappa shape index (κ1) is 19.5. The number of pyridine rings is 1. The third kappa shape index (κ3) is 4.95. The van der Waals surface area contributed by atoms with Crippen LogP contribution in [0.1, 0.15) is 23.6 Å². The van der Waals surface area contributed by atoms with E-state index in [2.05, 4.69) is 26.2 Å². The van der Waals surface area contributed by atoms with Crippen molar-refractivity contribution in [3.8, 4) is 5.88 Å². The van der Waals surface area contributed by atoms with Crippen molar-refractivity contribution in [2.75, 3.05) is 13.1 Å². The average Bonchev–Trinajstić information content (AvgIpc) is 3.23. The number of ether oxygens (including phenoxy) is 1. The molecule has 1 N–H and O–H groups in total. The van der Waals surface area contributed by atoms with Gasteiger partial charge in [0.15, 0.2) is 0 Å². The van der Waals surface area contributed by atoms with E-state index in [1.807, 2.05) is 77.7 Å². The lowest BCUT2D eigenvalue weighted by Gasteiger charge is -2.24. The van der Waals surface area contributed by atoms with E-state index in [1.165, 1.54) is 0 Å². The minimum absolute atomic E-state index is 0.0543. The Bertz CT molecular complexity index is 896. The van der Waals surface area contributed by atoms with E-state index >= 15 is 0 Å². The van der Waals surface area contributed by atoms with Gasteiger partial charge in [0.1, 0.15) is 6.10 Å². The van der Waals surface area contributed by atoms with Crippen LogP contribution in [-0.4, -0.2) is 35.1 Å². The Labute approximate surface area is 178 Å². The molecule has 2 amide bonds. The SMILES string of the molecule is O=C(NC(c1ccccc1)c1ccccc1)N1CCC(Oc2ccc(Br)cn2)C1. The van der Waals surface area contributed by atoms with Crippen LogP contribution in [0.2, 0.25) is 0 Å². The smallest absolute Gasteiger partial charge is 0.318 e. The van der Waals surface area contributed by atoms with E-state index in [0.29, 0.717) is 19.0 Å². The molecule has 6 heteroatoms. The molecule has 3 aromatic rings. The number of nitrogens with one attached hydrogen (secondary N) is 1. The lowest BCUT2D eigenvalue weighted by molar-refractivity contribution is 0.182. The van der Waals surface area contributed by atoms with Crippen molar-refractivity contribution in [1.29, 1.82) is 0 Å². The number of hydrogen-bond acceptors (Lipinski definition) is 3. The minimum Gasteiger partial charge on any atom is -0.472 e. The molecular formula is C23H22BrN3O2. The Hall–Kier alpha value is -2.86. The molecule has 0 radical (unpaired) electrons. The van der Waals surface area contributed by atoms with Gasteiger partial charge in [0.05, 0.1) is 12.6 Å². The summed E-state index contributed by atoms with van der Waals surface area (Å²) in [5.74, 6) is 0.576. The summed E-state index contributed by atoms with van der Waals surface area (Å²) >= 11 is 3.37. The predicted molar refractivity (Wildman–Crippen MR) is 116 cm³/mol. The number of halogens is 1. The van der Waals surface area contributed by atoms with Crippen LogP contribution in [0, 0.1) is 0 Å². The van der Waals surface area contributed by atoms with Gasteiger partial charge in [-0.25, -0.2) is 9.78 Å². The fraction of sp³-hybridized carbons (Fsp3) is 0.217. The monoisotopic (exact) mass is 451 g/mol. The van der Waals surface area contributed by atoms with Crippen molar-refractivity contribution >= 4 is 22.0 Å². The predicted octanol–water partition coefficient (Wildman–Crippen LogP) is 4.80. The molecule has 1 fully saturated rings. The molecule has 2 heterocycles. The zero-order chi connectivity index (χ0) is 20.1. The number of aromatic nitrogens is 1. The number of hydrogen-bond donors (Lipinski definition) is 1. The second-order valence-corrected chi connectivity index (χ2v) is 7.91. The number of rotatable bonds is 5. The van der Waals surface area contributed by atoms with Crippen molar-refractivity contribution in [3.63, 3.8) is 0 Å². The molecule has 148 valence electrons. The van der Waals surface area contributed by atoms with E-state index in [1.54, 1.807) is 6.20 Å². The number of benzene rings is 2. The zero-order valence-electron chi connectivity index (χ0n) is 15.9. The van der Waals surface area contributed by atoms with E-state index in [4.69, 9.17) is 4.74 Å². The molecule has 1 atom stereocenters. The van der Waals surface area contributed by atoms with Crippen LogP contribution < -0.4 is 10.1 Å². The molecule has 1 aliphatic heterocycles. The number of nitrogens with zero attached hydrogens (tertiary/aromatic N) is 2. The normalized spacial score (nSPS) is 16.1. The first-order valence-corrected chi connectivity index (χ1v) is 10.4. The maximum Gasteiger partial charge on any atom is 0.318 e. The Morgan fingerprint density at radius 1 is 1.03 bits per heavy atom. The van der Waals surface area contributed by atoms with Crippen LogP contribution in [0.15, 0.2) is 83.5 Å². The van der Waals surface area contributed by atoms with E-state index < -0.39 is 0 Å². The molecule has 0 spiro atoms. The van der Waals surface area contributed by atoms with Gasteiger partial charge < -0.3 is 15.0 Å². The lowest BCUT2D eigenvalue weighted by Crippen LogP contribution is -2.41. The maximum atomic E-state index is 13.0. The highest BCUT2D eigenvalue weighted by molar-refractivity contribution is 9.10. The van der Waals surface area contributed by atoms with Gasteiger partial charge in [-0.05, 0) is 33.1 Å². The highest BCUT2D eigenvalue weighted by Crippen LogP contribution is 2.23. The Morgan fingerprint density at radius 2 is 1.69 bits per heavy atom. The molecule has 2 aromatic carbocycles. The molecule has 1 saturated heterocycles. The largest absolute Gasteiger partial charge is 0.472 e. The molecular weight excluding hydrogens is 430 g/mol. The summed E-state index contributed by atoms with van der Waals surface area (Å²) in [4.78, 5) is 19.0. The van der Waals surface area contributed by atoms with Crippen LogP contribution in [0.25, 0.3) is 0 Å². The molecule has 0 bridgehead atoms. The summed E-state index contributed by atoms with van der Waals surface area (Å²) in [6.07, 6.45) is 2.44. The van der Waals surface area contributed by atoms with Crippen molar-refractivity contribution in [1.82, 2.24) is 15.2 Å². The van der Waals surface area contributed by atoms with Crippen LogP contribution >= 0.6 is 15.9 Å². The molecule has 0 aliphatic carbocycles.